The first-order chi connectivity index (χ1) is 14.8. The number of quaternary nitrogens is 1. The Hall–Kier alpha value is -1.89. The molecule has 2 N–H and O–H groups in total. The molecule has 0 aromatic heterocycles. The molecule has 0 saturated heterocycles. The predicted molar refractivity (Wildman–Crippen MR) is 119 cm³/mol. The van der Waals surface area contributed by atoms with Gasteiger partial charge in [-0.3, -0.25) is 0 Å². The van der Waals surface area contributed by atoms with Gasteiger partial charge in [0.1, 0.15) is 6.54 Å². The van der Waals surface area contributed by atoms with E-state index in [9.17, 15) is 19.5 Å². The van der Waals surface area contributed by atoms with Crippen LogP contribution in [0.5, 0.6) is 0 Å². The Morgan fingerprint density at radius 2 is 1.10 bits per heavy atom. The molecule has 0 aliphatic carbocycles. The Kier molecular flexibility index (Phi) is 17.7. The second-order valence-electron chi connectivity index (χ2n) is 8.64. The van der Waals surface area contributed by atoms with Crippen LogP contribution in [-0.4, -0.2) is 58.8 Å². The van der Waals surface area contributed by atoms with Crippen LogP contribution in [0.3, 0.4) is 0 Å². The third-order valence-corrected chi connectivity index (χ3v) is 5.55. The number of carboxylic acids is 3. The molecule has 0 amide bonds. The second-order valence-corrected chi connectivity index (χ2v) is 8.64. The van der Waals surface area contributed by atoms with Gasteiger partial charge in [0, 0.05) is 6.42 Å². The molecule has 0 aromatic carbocycles. The number of carbonyl (C=O) groups is 3. The van der Waals surface area contributed by atoms with E-state index < -0.39 is 42.0 Å². The van der Waals surface area contributed by atoms with E-state index in [0.29, 0.717) is 12.8 Å². The number of carbonyl (C=O) groups excluding carboxylic acids is 1. The molecule has 0 bridgehead atoms. The monoisotopic (exact) mass is 441 g/mol. The predicted octanol–water partition coefficient (Wildman–Crippen LogP) is 3.76. The Morgan fingerprint density at radius 3 is 1.52 bits per heavy atom. The van der Waals surface area contributed by atoms with Crippen LogP contribution in [0.4, 0.5) is 0 Å². The maximum Gasteiger partial charge on any atom is 0.359 e. The molecule has 180 valence electrons. The van der Waals surface area contributed by atoms with Crippen molar-refractivity contribution < 1.29 is 34.2 Å². The Morgan fingerprint density at radius 1 is 0.677 bits per heavy atom. The molecule has 7 heteroatoms. The van der Waals surface area contributed by atoms with Crippen molar-refractivity contribution in [2.45, 2.75) is 96.8 Å². The van der Waals surface area contributed by atoms with Gasteiger partial charge in [-0.1, -0.05) is 83.3 Å². The van der Waals surface area contributed by atoms with Gasteiger partial charge in [-0.25, -0.2) is 9.59 Å². The van der Waals surface area contributed by atoms with E-state index in [0.717, 1.165) is 12.8 Å². The third kappa shape index (κ3) is 18.6. The van der Waals surface area contributed by atoms with Crippen LogP contribution in [0.2, 0.25) is 0 Å². The van der Waals surface area contributed by atoms with E-state index in [1.165, 1.54) is 64.2 Å². The molecule has 0 spiro atoms. The zero-order valence-electron chi connectivity index (χ0n) is 19.4. The van der Waals surface area contributed by atoms with E-state index in [1.807, 2.05) is 6.08 Å². The van der Waals surface area contributed by atoms with Crippen LogP contribution in [0.1, 0.15) is 96.8 Å². The quantitative estimate of drug-likeness (QED) is 0.150. The molecular formula is C24H43NO6. The first-order valence-corrected chi connectivity index (χ1v) is 11.9. The van der Waals surface area contributed by atoms with Crippen molar-refractivity contribution in [3.05, 3.63) is 12.2 Å². The van der Waals surface area contributed by atoms with Crippen molar-refractivity contribution in [3.63, 3.8) is 0 Å². The summed E-state index contributed by atoms with van der Waals surface area (Å²) in [6, 6.07) is 0. The largest absolute Gasteiger partial charge is 0.544 e. The van der Waals surface area contributed by atoms with Gasteiger partial charge in [0.05, 0.1) is 12.5 Å². The van der Waals surface area contributed by atoms with E-state index in [2.05, 4.69) is 13.0 Å². The summed E-state index contributed by atoms with van der Waals surface area (Å²) in [6.45, 7) is 0.728. The first kappa shape index (κ1) is 29.1. The minimum absolute atomic E-state index is 0.176. The van der Waals surface area contributed by atoms with Crippen molar-refractivity contribution >= 4 is 17.9 Å². The van der Waals surface area contributed by atoms with Gasteiger partial charge < -0.3 is 24.6 Å². The highest BCUT2D eigenvalue weighted by atomic mass is 16.4. The number of unbranched alkanes of at least 4 members (excludes halogenated alkanes) is 12. The molecule has 0 rings (SSSR count). The fraction of sp³-hybridized carbons (Fsp3) is 0.792. The summed E-state index contributed by atoms with van der Waals surface area (Å²) in [4.78, 5) is 33.3. The van der Waals surface area contributed by atoms with Crippen molar-refractivity contribution in [2.24, 2.45) is 0 Å². The SMILES string of the molecule is CCCCCCCCCCCCC/C=C/CCC[N+](CC(=O)[O-])(CC(=O)O)CC(=O)O. The van der Waals surface area contributed by atoms with Crippen molar-refractivity contribution in [1.29, 1.82) is 0 Å². The van der Waals surface area contributed by atoms with Gasteiger partial charge in [0.2, 0.25) is 0 Å². The number of aliphatic carboxylic acids is 3. The summed E-state index contributed by atoms with van der Waals surface area (Å²) >= 11 is 0. The highest BCUT2D eigenvalue weighted by Crippen LogP contribution is 2.13. The molecule has 0 aromatic rings. The van der Waals surface area contributed by atoms with Crippen molar-refractivity contribution in [2.75, 3.05) is 26.2 Å². The fourth-order valence-electron chi connectivity index (χ4n) is 3.96. The molecule has 0 saturated carbocycles. The summed E-state index contributed by atoms with van der Waals surface area (Å²) in [5.41, 5.74) is 0. The van der Waals surface area contributed by atoms with Gasteiger partial charge in [0.15, 0.2) is 13.1 Å². The van der Waals surface area contributed by atoms with E-state index in [4.69, 9.17) is 10.2 Å². The van der Waals surface area contributed by atoms with E-state index in [-0.39, 0.29) is 6.54 Å². The highest BCUT2D eigenvalue weighted by molar-refractivity contribution is 5.72. The number of nitrogens with zero attached hydrogens (tertiary/aromatic N) is 1. The number of hydrogen-bond acceptors (Lipinski definition) is 4. The standard InChI is InChI=1S/C24H43NO6/c1-2-3-4-5-6-7-8-9-10-11-12-13-14-15-16-17-18-25(19-22(26)27,20-23(28)29)21-24(30)31/h14-15H,2-13,16-21H2,1H3,(H2-,26,27,28,29,30,31)/b15-14+. The van der Waals surface area contributed by atoms with Crippen LogP contribution >= 0.6 is 0 Å². The molecule has 0 unspecified atom stereocenters. The molecule has 0 fully saturated rings. The summed E-state index contributed by atoms with van der Waals surface area (Å²) in [7, 11) is 0. The molecule has 7 nitrogen and oxygen atoms in total. The minimum Gasteiger partial charge on any atom is -0.544 e. The van der Waals surface area contributed by atoms with Gasteiger partial charge in [-0.15, -0.1) is 0 Å². The zero-order valence-corrected chi connectivity index (χ0v) is 19.4. The van der Waals surface area contributed by atoms with Gasteiger partial charge >= 0.3 is 11.9 Å². The van der Waals surface area contributed by atoms with Crippen LogP contribution in [0, 0.1) is 0 Å². The van der Waals surface area contributed by atoms with Crippen LogP contribution in [0.15, 0.2) is 12.2 Å². The maximum atomic E-state index is 11.1. The number of carboxylic acid groups (broad SMARTS) is 3. The van der Waals surface area contributed by atoms with E-state index in [1.54, 1.807) is 0 Å². The lowest BCUT2D eigenvalue weighted by Crippen LogP contribution is -2.59. The normalized spacial score (nSPS) is 11.8. The highest BCUT2D eigenvalue weighted by Gasteiger charge is 2.33. The molecule has 0 aliphatic rings. The molecule has 0 radical (unpaired) electrons. The molecule has 0 aliphatic heterocycles. The Balaban J connectivity index is 3.95. The van der Waals surface area contributed by atoms with Crippen molar-refractivity contribution in [1.82, 2.24) is 0 Å². The average Bonchev–Trinajstić information content (AvgIpc) is 2.66. The third-order valence-electron chi connectivity index (χ3n) is 5.55. The van der Waals surface area contributed by atoms with Crippen molar-refractivity contribution in [3.8, 4) is 0 Å². The smallest absolute Gasteiger partial charge is 0.359 e. The molecule has 31 heavy (non-hydrogen) atoms. The van der Waals surface area contributed by atoms with Gasteiger partial charge in [-0.2, -0.15) is 0 Å². The number of hydrogen-bond donors (Lipinski definition) is 2. The van der Waals surface area contributed by atoms with Gasteiger partial charge in [0.25, 0.3) is 0 Å². The average molecular weight is 442 g/mol. The van der Waals surface area contributed by atoms with Gasteiger partial charge in [-0.05, 0) is 19.3 Å². The first-order valence-electron chi connectivity index (χ1n) is 11.9. The molecule has 0 atom stereocenters. The van der Waals surface area contributed by atoms with Crippen LogP contribution < -0.4 is 5.11 Å². The lowest BCUT2D eigenvalue weighted by atomic mass is 10.1. The van der Waals surface area contributed by atoms with Crippen LogP contribution in [0.25, 0.3) is 0 Å². The zero-order chi connectivity index (χ0) is 23.4. The minimum atomic E-state index is -1.44. The lowest BCUT2D eigenvalue weighted by Gasteiger charge is -2.36. The van der Waals surface area contributed by atoms with Crippen LogP contribution in [-0.2, 0) is 14.4 Å². The number of rotatable bonds is 22. The molecule has 0 heterocycles. The molecular weight excluding hydrogens is 398 g/mol. The maximum absolute atomic E-state index is 11.1. The topological polar surface area (TPSA) is 115 Å². The fourth-order valence-corrected chi connectivity index (χ4v) is 3.96. The Bertz CT molecular complexity index is 491. The second kappa shape index (κ2) is 18.8. The summed E-state index contributed by atoms with van der Waals surface area (Å²) in [6.07, 6.45) is 20.7. The number of allylic oxidation sites excluding steroid dienone is 2. The lowest BCUT2D eigenvalue weighted by molar-refractivity contribution is -0.909. The summed E-state index contributed by atoms with van der Waals surface area (Å²) < 4.78 is -0.528. The Labute approximate surface area is 187 Å². The van der Waals surface area contributed by atoms with E-state index >= 15 is 0 Å². The summed E-state index contributed by atoms with van der Waals surface area (Å²) in [5, 5.41) is 29.2. The summed E-state index contributed by atoms with van der Waals surface area (Å²) in [5.74, 6) is -3.86.